The summed E-state index contributed by atoms with van der Waals surface area (Å²) in [5.41, 5.74) is 2.01. The zero-order valence-corrected chi connectivity index (χ0v) is 24.8. The van der Waals surface area contributed by atoms with Crippen molar-refractivity contribution in [3.8, 4) is 0 Å². The van der Waals surface area contributed by atoms with E-state index in [-0.39, 0.29) is 39.1 Å². The van der Waals surface area contributed by atoms with E-state index >= 15 is 0 Å². The van der Waals surface area contributed by atoms with Gasteiger partial charge in [0, 0.05) is 12.6 Å². The molecule has 7 nitrogen and oxygen atoms in total. The van der Waals surface area contributed by atoms with Crippen molar-refractivity contribution >= 4 is 50.7 Å². The van der Waals surface area contributed by atoms with Gasteiger partial charge in [0.05, 0.1) is 20.6 Å². The molecule has 1 fully saturated rings. The number of halogens is 2. The molecule has 1 saturated carbocycles. The number of benzene rings is 3. The van der Waals surface area contributed by atoms with Crippen molar-refractivity contribution in [2.75, 3.05) is 10.8 Å². The van der Waals surface area contributed by atoms with Crippen LogP contribution in [0.5, 0.6) is 0 Å². The summed E-state index contributed by atoms with van der Waals surface area (Å²) < 4.78 is 28.7. The van der Waals surface area contributed by atoms with Crippen molar-refractivity contribution in [3.05, 3.63) is 94.0 Å². The molecule has 1 atom stereocenters. The van der Waals surface area contributed by atoms with E-state index in [1.807, 2.05) is 31.2 Å². The number of hydrogen-bond donors (Lipinski definition) is 1. The van der Waals surface area contributed by atoms with Gasteiger partial charge in [-0.05, 0) is 68.1 Å². The Bertz CT molecular complexity index is 1460. The van der Waals surface area contributed by atoms with Crippen LogP contribution in [0.4, 0.5) is 5.69 Å². The molecule has 1 N–H and O–H groups in total. The second kappa shape index (κ2) is 13.1. The van der Waals surface area contributed by atoms with Gasteiger partial charge in [0.2, 0.25) is 11.8 Å². The first-order chi connectivity index (χ1) is 19.1. The van der Waals surface area contributed by atoms with Crippen molar-refractivity contribution in [2.45, 2.75) is 63.1 Å². The molecule has 0 heterocycles. The van der Waals surface area contributed by atoms with Crippen LogP contribution < -0.4 is 9.62 Å². The van der Waals surface area contributed by atoms with Gasteiger partial charge in [0.15, 0.2) is 0 Å². The number of amides is 2. The van der Waals surface area contributed by atoms with Crippen molar-refractivity contribution in [1.29, 1.82) is 0 Å². The highest BCUT2D eigenvalue weighted by Gasteiger charge is 2.33. The summed E-state index contributed by atoms with van der Waals surface area (Å²) in [4.78, 5) is 28.8. The lowest BCUT2D eigenvalue weighted by molar-refractivity contribution is -0.139. The van der Waals surface area contributed by atoms with Crippen molar-refractivity contribution in [2.24, 2.45) is 0 Å². The normalized spacial score (nSPS) is 14.5. The Morgan fingerprint density at radius 1 is 0.950 bits per heavy atom. The first-order valence-corrected chi connectivity index (χ1v) is 15.4. The number of carbonyl (C=O) groups is 2. The number of carbonyl (C=O) groups excluding carboxylic acids is 2. The van der Waals surface area contributed by atoms with E-state index in [0.29, 0.717) is 0 Å². The van der Waals surface area contributed by atoms with E-state index in [9.17, 15) is 18.0 Å². The predicted octanol–water partition coefficient (Wildman–Crippen LogP) is 5.97. The minimum Gasteiger partial charge on any atom is -0.352 e. The Labute approximate surface area is 246 Å². The number of nitrogens with one attached hydrogen (secondary N) is 1. The molecular formula is C30H33Cl2N3O4S. The highest BCUT2D eigenvalue weighted by molar-refractivity contribution is 7.92. The number of rotatable bonds is 10. The molecule has 1 aliphatic carbocycles. The maximum atomic E-state index is 14.0. The van der Waals surface area contributed by atoms with Crippen LogP contribution in [0.3, 0.4) is 0 Å². The van der Waals surface area contributed by atoms with Crippen LogP contribution >= 0.6 is 23.2 Å². The Hall–Kier alpha value is -3.07. The van der Waals surface area contributed by atoms with Gasteiger partial charge in [0.25, 0.3) is 10.0 Å². The topological polar surface area (TPSA) is 86.8 Å². The SMILES string of the molecule is Cc1ccccc1CN(C(=O)CN(c1ccc(Cl)c(Cl)c1)S(=O)(=O)c1ccccc1)C(C)C(=O)NC1CCCC1. The summed E-state index contributed by atoms with van der Waals surface area (Å²) >= 11 is 12.4. The highest BCUT2D eigenvalue weighted by Crippen LogP contribution is 2.31. The number of anilines is 1. The Kier molecular flexibility index (Phi) is 9.77. The maximum Gasteiger partial charge on any atom is 0.264 e. The molecule has 0 aromatic heterocycles. The number of nitrogens with zero attached hydrogens (tertiary/aromatic N) is 2. The van der Waals surface area contributed by atoms with Gasteiger partial charge in [-0.1, -0.05) is 78.5 Å². The van der Waals surface area contributed by atoms with Gasteiger partial charge < -0.3 is 10.2 Å². The molecule has 0 bridgehead atoms. The number of hydrogen-bond acceptors (Lipinski definition) is 4. The van der Waals surface area contributed by atoms with Gasteiger partial charge >= 0.3 is 0 Å². The Morgan fingerprint density at radius 2 is 1.60 bits per heavy atom. The molecule has 3 aromatic rings. The van der Waals surface area contributed by atoms with Crippen LogP contribution in [0.2, 0.25) is 10.0 Å². The van der Waals surface area contributed by atoms with Crippen LogP contribution in [-0.4, -0.2) is 43.8 Å². The molecule has 0 radical (unpaired) electrons. The summed E-state index contributed by atoms with van der Waals surface area (Å²) in [5, 5.41) is 3.48. The molecule has 2 amide bonds. The molecule has 212 valence electrons. The lowest BCUT2D eigenvalue weighted by Crippen LogP contribution is -2.52. The van der Waals surface area contributed by atoms with Crippen LogP contribution in [0, 0.1) is 6.92 Å². The lowest BCUT2D eigenvalue weighted by Gasteiger charge is -2.33. The molecule has 3 aromatic carbocycles. The van der Waals surface area contributed by atoms with E-state index in [0.717, 1.165) is 41.1 Å². The maximum absolute atomic E-state index is 14.0. The Balaban J connectivity index is 1.70. The monoisotopic (exact) mass is 601 g/mol. The summed E-state index contributed by atoms with van der Waals surface area (Å²) in [7, 11) is -4.17. The van der Waals surface area contributed by atoms with Gasteiger partial charge in [0.1, 0.15) is 12.6 Å². The van der Waals surface area contributed by atoms with E-state index in [1.54, 1.807) is 25.1 Å². The molecule has 10 heteroatoms. The molecule has 1 aliphatic rings. The molecule has 4 rings (SSSR count). The first-order valence-electron chi connectivity index (χ1n) is 13.2. The third-order valence-electron chi connectivity index (χ3n) is 7.27. The second-order valence-corrected chi connectivity index (χ2v) is 12.7. The first kappa shape index (κ1) is 29.9. The smallest absolute Gasteiger partial charge is 0.264 e. The zero-order chi connectivity index (χ0) is 28.9. The second-order valence-electron chi connectivity index (χ2n) is 10.0. The summed E-state index contributed by atoms with van der Waals surface area (Å²) in [6.45, 7) is 3.21. The van der Waals surface area contributed by atoms with Crippen LogP contribution in [0.1, 0.15) is 43.7 Å². The average Bonchev–Trinajstić information content (AvgIpc) is 3.46. The van der Waals surface area contributed by atoms with Crippen LogP contribution in [0.25, 0.3) is 0 Å². The fraction of sp³-hybridized carbons (Fsp3) is 0.333. The lowest BCUT2D eigenvalue weighted by atomic mass is 10.1. The minimum absolute atomic E-state index is 0.0198. The largest absolute Gasteiger partial charge is 0.352 e. The fourth-order valence-corrected chi connectivity index (χ4v) is 6.55. The van der Waals surface area contributed by atoms with Crippen LogP contribution in [-0.2, 0) is 26.2 Å². The molecule has 0 saturated heterocycles. The van der Waals surface area contributed by atoms with Gasteiger partial charge in [-0.3, -0.25) is 13.9 Å². The van der Waals surface area contributed by atoms with Gasteiger partial charge in [-0.2, -0.15) is 0 Å². The third-order valence-corrected chi connectivity index (χ3v) is 9.80. The van der Waals surface area contributed by atoms with Crippen LogP contribution in [0.15, 0.2) is 77.7 Å². The quantitative estimate of drug-likeness (QED) is 0.310. The average molecular weight is 603 g/mol. The molecular weight excluding hydrogens is 569 g/mol. The summed E-state index contributed by atoms with van der Waals surface area (Å²) in [6.07, 6.45) is 3.93. The molecule has 40 heavy (non-hydrogen) atoms. The molecule has 1 unspecified atom stereocenters. The fourth-order valence-electron chi connectivity index (χ4n) is 4.83. The summed E-state index contributed by atoms with van der Waals surface area (Å²) in [5.74, 6) is -0.788. The highest BCUT2D eigenvalue weighted by atomic mass is 35.5. The van der Waals surface area contributed by atoms with E-state index in [1.165, 1.54) is 35.2 Å². The standard InChI is InChI=1S/C30H33Cl2N3O4S/c1-21-10-6-7-11-23(21)19-34(22(2)30(37)33-24-12-8-9-13-24)29(36)20-35(25-16-17-27(31)28(32)18-25)40(38,39)26-14-4-3-5-15-26/h3-7,10-11,14-18,22,24H,8-9,12-13,19-20H2,1-2H3,(H,33,37). The molecule has 0 aliphatic heterocycles. The predicted molar refractivity (Wildman–Crippen MR) is 159 cm³/mol. The van der Waals surface area contributed by atoms with E-state index < -0.39 is 28.5 Å². The Morgan fingerprint density at radius 3 is 2.25 bits per heavy atom. The van der Waals surface area contributed by atoms with E-state index in [4.69, 9.17) is 23.2 Å². The third kappa shape index (κ3) is 6.97. The van der Waals surface area contributed by atoms with Gasteiger partial charge in [-0.25, -0.2) is 8.42 Å². The zero-order valence-electron chi connectivity index (χ0n) is 22.5. The van der Waals surface area contributed by atoms with Gasteiger partial charge in [-0.15, -0.1) is 0 Å². The van der Waals surface area contributed by atoms with Crippen molar-refractivity contribution in [1.82, 2.24) is 10.2 Å². The summed E-state index contributed by atoms with van der Waals surface area (Å²) in [6, 6.07) is 19.1. The molecule has 0 spiro atoms. The van der Waals surface area contributed by atoms with Crippen molar-refractivity contribution in [3.63, 3.8) is 0 Å². The number of aryl methyl sites for hydroxylation is 1. The minimum atomic E-state index is -4.17. The van der Waals surface area contributed by atoms with Crippen molar-refractivity contribution < 1.29 is 18.0 Å². The van der Waals surface area contributed by atoms with E-state index in [2.05, 4.69) is 5.32 Å². The number of sulfonamides is 1.